The minimum absolute atomic E-state index is 0.00780. The maximum atomic E-state index is 5.72. The van der Waals surface area contributed by atoms with E-state index in [4.69, 9.17) is 16.2 Å². The monoisotopic (exact) mass is 196 g/mol. The standard InChI is InChI=1S/C9H16N4O/c1-5(12-13-9(10)11)7-4-6-2-3-8(7)14-6/h6-8H,2-4H2,1H3,(H4,10,11,13)/b12-5+. The molecule has 5 heteroatoms. The van der Waals surface area contributed by atoms with Gasteiger partial charge in [0.1, 0.15) is 0 Å². The lowest BCUT2D eigenvalue weighted by molar-refractivity contribution is 0.0995. The fraction of sp³-hybridized carbons (Fsp3) is 0.778. The van der Waals surface area contributed by atoms with Gasteiger partial charge in [-0.1, -0.05) is 0 Å². The van der Waals surface area contributed by atoms with Crippen molar-refractivity contribution in [1.29, 1.82) is 0 Å². The number of nitrogens with zero attached hydrogens (tertiary/aromatic N) is 2. The van der Waals surface area contributed by atoms with E-state index in [-0.39, 0.29) is 5.96 Å². The van der Waals surface area contributed by atoms with Gasteiger partial charge < -0.3 is 16.2 Å². The molecule has 0 radical (unpaired) electrons. The largest absolute Gasteiger partial charge is 0.374 e. The van der Waals surface area contributed by atoms with Crippen LogP contribution in [0.3, 0.4) is 0 Å². The smallest absolute Gasteiger partial charge is 0.211 e. The number of hydrogen-bond acceptors (Lipinski definition) is 3. The fourth-order valence-electron chi connectivity index (χ4n) is 2.29. The Hall–Kier alpha value is -1.10. The highest BCUT2D eigenvalue weighted by Gasteiger charge is 2.41. The van der Waals surface area contributed by atoms with Gasteiger partial charge in [-0.05, 0) is 26.2 Å². The number of fused-ring (bicyclic) bond motifs is 2. The summed E-state index contributed by atoms with van der Waals surface area (Å²) in [4.78, 5) is 0. The predicted octanol–water partition coefficient (Wildman–Crippen LogP) is 0.203. The lowest BCUT2D eigenvalue weighted by Crippen LogP contribution is -2.25. The van der Waals surface area contributed by atoms with Gasteiger partial charge in [0.25, 0.3) is 0 Å². The van der Waals surface area contributed by atoms with Crippen molar-refractivity contribution in [2.45, 2.75) is 38.4 Å². The molecule has 3 unspecified atom stereocenters. The van der Waals surface area contributed by atoms with Gasteiger partial charge in [0.2, 0.25) is 5.96 Å². The minimum atomic E-state index is 0.00780. The first-order valence-electron chi connectivity index (χ1n) is 4.95. The second kappa shape index (κ2) is 3.57. The van der Waals surface area contributed by atoms with Crippen LogP contribution in [0.1, 0.15) is 26.2 Å². The van der Waals surface area contributed by atoms with E-state index in [0.29, 0.717) is 18.1 Å². The van der Waals surface area contributed by atoms with Crippen molar-refractivity contribution >= 4 is 11.7 Å². The van der Waals surface area contributed by atoms with Crippen LogP contribution in [0.25, 0.3) is 0 Å². The lowest BCUT2D eigenvalue weighted by atomic mass is 9.86. The number of guanidine groups is 1. The summed E-state index contributed by atoms with van der Waals surface area (Å²) in [7, 11) is 0. The van der Waals surface area contributed by atoms with E-state index in [2.05, 4.69) is 10.2 Å². The van der Waals surface area contributed by atoms with Crippen molar-refractivity contribution in [2.75, 3.05) is 0 Å². The first kappa shape index (κ1) is 9.45. The van der Waals surface area contributed by atoms with E-state index in [1.165, 1.54) is 6.42 Å². The second-order valence-corrected chi connectivity index (χ2v) is 3.98. The zero-order chi connectivity index (χ0) is 10.1. The zero-order valence-electron chi connectivity index (χ0n) is 8.31. The molecule has 2 fully saturated rings. The molecule has 0 spiro atoms. The van der Waals surface area contributed by atoms with Crippen molar-refractivity contribution in [1.82, 2.24) is 0 Å². The summed E-state index contributed by atoms with van der Waals surface area (Å²) in [6, 6.07) is 0. The Morgan fingerprint density at radius 2 is 2.07 bits per heavy atom. The molecular weight excluding hydrogens is 180 g/mol. The minimum Gasteiger partial charge on any atom is -0.374 e. The van der Waals surface area contributed by atoms with Gasteiger partial charge in [-0.3, -0.25) is 0 Å². The van der Waals surface area contributed by atoms with Gasteiger partial charge in [0.05, 0.1) is 12.2 Å². The van der Waals surface area contributed by atoms with E-state index >= 15 is 0 Å². The molecule has 0 aliphatic carbocycles. The topological polar surface area (TPSA) is 86.0 Å². The van der Waals surface area contributed by atoms with Crippen LogP contribution in [-0.4, -0.2) is 23.9 Å². The SMILES string of the molecule is C/C(=N\N=C(N)N)C1CC2CCC1O2. The van der Waals surface area contributed by atoms with E-state index in [9.17, 15) is 0 Å². The molecule has 0 saturated carbocycles. The first-order valence-corrected chi connectivity index (χ1v) is 4.95. The lowest BCUT2D eigenvalue weighted by Gasteiger charge is -2.16. The number of rotatable bonds is 2. The summed E-state index contributed by atoms with van der Waals surface area (Å²) >= 11 is 0. The quantitative estimate of drug-likeness (QED) is 0.376. The predicted molar refractivity (Wildman–Crippen MR) is 54.9 cm³/mol. The van der Waals surface area contributed by atoms with Gasteiger partial charge in [-0.25, -0.2) is 0 Å². The average molecular weight is 196 g/mol. The Labute approximate surface area is 83.2 Å². The van der Waals surface area contributed by atoms with Gasteiger partial charge in [-0.15, -0.1) is 5.10 Å². The van der Waals surface area contributed by atoms with E-state index in [0.717, 1.165) is 18.6 Å². The van der Waals surface area contributed by atoms with Gasteiger partial charge in [0.15, 0.2) is 0 Å². The molecule has 2 rings (SSSR count). The van der Waals surface area contributed by atoms with Crippen molar-refractivity contribution in [3.05, 3.63) is 0 Å². The summed E-state index contributed by atoms with van der Waals surface area (Å²) in [6.45, 7) is 1.96. The molecular formula is C9H16N4O. The molecule has 2 heterocycles. The highest BCUT2D eigenvalue weighted by molar-refractivity contribution is 5.86. The fourth-order valence-corrected chi connectivity index (χ4v) is 2.29. The van der Waals surface area contributed by atoms with E-state index in [1.807, 2.05) is 6.92 Å². The Morgan fingerprint density at radius 1 is 1.29 bits per heavy atom. The number of ether oxygens (including phenoxy) is 1. The molecule has 0 aromatic rings. The highest BCUT2D eigenvalue weighted by Crippen LogP contribution is 2.39. The normalized spacial score (nSPS) is 36.1. The number of nitrogens with two attached hydrogens (primary N) is 2. The van der Waals surface area contributed by atoms with Gasteiger partial charge in [0, 0.05) is 11.6 Å². The van der Waals surface area contributed by atoms with Crippen molar-refractivity contribution < 1.29 is 4.74 Å². The van der Waals surface area contributed by atoms with Crippen molar-refractivity contribution in [3.63, 3.8) is 0 Å². The first-order chi connectivity index (χ1) is 6.66. The number of hydrogen-bond donors (Lipinski definition) is 2. The molecule has 2 saturated heterocycles. The maximum absolute atomic E-state index is 5.72. The van der Waals surface area contributed by atoms with Crippen molar-refractivity contribution in [2.24, 2.45) is 27.6 Å². The molecule has 0 aromatic heterocycles. The molecule has 5 nitrogen and oxygen atoms in total. The third-order valence-corrected chi connectivity index (χ3v) is 2.97. The van der Waals surface area contributed by atoms with Crippen LogP contribution < -0.4 is 11.5 Å². The maximum Gasteiger partial charge on any atom is 0.211 e. The summed E-state index contributed by atoms with van der Waals surface area (Å²) in [6.07, 6.45) is 4.19. The van der Waals surface area contributed by atoms with Crippen LogP contribution in [0.4, 0.5) is 0 Å². The van der Waals surface area contributed by atoms with Crippen LogP contribution in [0.15, 0.2) is 10.2 Å². The average Bonchev–Trinajstić information content (AvgIpc) is 2.74. The Balaban J connectivity index is 2.02. The molecule has 2 aliphatic heterocycles. The van der Waals surface area contributed by atoms with Crippen LogP contribution in [0, 0.1) is 5.92 Å². The molecule has 3 atom stereocenters. The van der Waals surface area contributed by atoms with Gasteiger partial charge in [-0.2, -0.15) is 5.10 Å². The van der Waals surface area contributed by atoms with Crippen LogP contribution >= 0.6 is 0 Å². The van der Waals surface area contributed by atoms with E-state index < -0.39 is 0 Å². The Bertz CT molecular complexity index is 283. The van der Waals surface area contributed by atoms with Gasteiger partial charge >= 0.3 is 0 Å². The zero-order valence-corrected chi connectivity index (χ0v) is 8.31. The third kappa shape index (κ3) is 1.72. The molecule has 0 amide bonds. The summed E-state index contributed by atoms with van der Waals surface area (Å²) < 4.78 is 5.72. The van der Waals surface area contributed by atoms with Crippen LogP contribution in [0.5, 0.6) is 0 Å². The Kier molecular flexibility index (Phi) is 2.41. The summed E-state index contributed by atoms with van der Waals surface area (Å²) in [5.74, 6) is 0.422. The van der Waals surface area contributed by atoms with Crippen LogP contribution in [0.2, 0.25) is 0 Å². The molecule has 0 aromatic carbocycles. The third-order valence-electron chi connectivity index (χ3n) is 2.97. The molecule has 4 N–H and O–H groups in total. The molecule has 14 heavy (non-hydrogen) atoms. The Morgan fingerprint density at radius 3 is 2.57 bits per heavy atom. The molecule has 2 bridgehead atoms. The second-order valence-electron chi connectivity index (χ2n) is 3.98. The summed E-state index contributed by atoms with van der Waals surface area (Å²) in [5.41, 5.74) is 11.4. The summed E-state index contributed by atoms with van der Waals surface area (Å²) in [5, 5.41) is 7.66. The molecule has 2 aliphatic rings. The van der Waals surface area contributed by atoms with Crippen LogP contribution in [-0.2, 0) is 4.74 Å². The highest BCUT2D eigenvalue weighted by atomic mass is 16.5. The molecule has 78 valence electrons. The van der Waals surface area contributed by atoms with E-state index in [1.54, 1.807) is 0 Å². The van der Waals surface area contributed by atoms with Crippen molar-refractivity contribution in [3.8, 4) is 0 Å².